The molecular formula is C20H27N5O3. The van der Waals surface area contributed by atoms with Crippen LogP contribution in [0.1, 0.15) is 44.5 Å². The van der Waals surface area contributed by atoms with Crippen LogP contribution < -0.4 is 10.9 Å². The van der Waals surface area contributed by atoms with E-state index in [1.165, 1.54) is 4.90 Å². The zero-order valence-corrected chi connectivity index (χ0v) is 16.7. The van der Waals surface area contributed by atoms with Crippen molar-refractivity contribution in [2.75, 3.05) is 5.43 Å². The Bertz CT molecular complexity index is 774. The first-order valence-electron chi connectivity index (χ1n) is 9.68. The maximum absolute atomic E-state index is 12.9. The molecule has 8 nitrogen and oxygen atoms in total. The molecule has 8 heteroatoms. The lowest BCUT2D eigenvalue weighted by Crippen LogP contribution is -2.52. The fourth-order valence-corrected chi connectivity index (χ4v) is 3.89. The van der Waals surface area contributed by atoms with E-state index < -0.39 is 11.9 Å². The Hall–Kier alpha value is -2.77. The zero-order valence-electron chi connectivity index (χ0n) is 16.7. The van der Waals surface area contributed by atoms with Crippen LogP contribution in [0.2, 0.25) is 0 Å². The minimum atomic E-state index is -0.857. The summed E-state index contributed by atoms with van der Waals surface area (Å²) in [6.45, 7) is 7.59. The molecule has 0 saturated carbocycles. The quantitative estimate of drug-likeness (QED) is 0.440. The predicted octanol–water partition coefficient (Wildman–Crippen LogP) is 1.90. The number of likely N-dealkylation sites (tertiary alicyclic amines) is 1. The fourth-order valence-electron chi connectivity index (χ4n) is 3.89. The minimum absolute atomic E-state index is 0.134. The number of hydrogen-bond donors (Lipinski definition) is 2. The molecule has 2 aliphatic rings. The van der Waals surface area contributed by atoms with Crippen molar-refractivity contribution < 1.29 is 14.4 Å². The van der Waals surface area contributed by atoms with Gasteiger partial charge in [0.25, 0.3) is 5.91 Å². The normalized spacial score (nSPS) is 22.4. The third kappa shape index (κ3) is 4.05. The van der Waals surface area contributed by atoms with Gasteiger partial charge in [0.05, 0.1) is 11.8 Å². The van der Waals surface area contributed by atoms with Gasteiger partial charge in [0.15, 0.2) is 0 Å². The molecule has 1 saturated heterocycles. The van der Waals surface area contributed by atoms with Crippen LogP contribution in [0.3, 0.4) is 0 Å². The van der Waals surface area contributed by atoms with Gasteiger partial charge < -0.3 is 0 Å². The number of allylic oxidation sites excluding steroid dienone is 2. The lowest BCUT2D eigenvalue weighted by atomic mass is 9.85. The number of hydrazine groups is 1. The Morgan fingerprint density at radius 2 is 1.64 bits per heavy atom. The van der Waals surface area contributed by atoms with Gasteiger partial charge in [0.2, 0.25) is 17.8 Å². The van der Waals surface area contributed by atoms with Gasteiger partial charge in [0, 0.05) is 11.4 Å². The number of rotatable bonds is 6. The van der Waals surface area contributed by atoms with Crippen LogP contribution in [-0.2, 0) is 14.4 Å². The van der Waals surface area contributed by atoms with Gasteiger partial charge in [-0.1, -0.05) is 26.0 Å². The van der Waals surface area contributed by atoms with E-state index in [1.54, 1.807) is 0 Å². The number of imide groups is 1. The Balaban J connectivity index is 1.77. The van der Waals surface area contributed by atoms with Gasteiger partial charge in [0.1, 0.15) is 6.04 Å². The highest BCUT2D eigenvalue weighted by molar-refractivity contribution is 6.08. The number of carbonyl (C=O) groups is 3. The third-order valence-electron chi connectivity index (χ3n) is 5.13. The molecule has 2 N–H and O–H groups in total. The standard InChI is InChI=1S/C20H27N5O3/c1-11(2)9-16(17(26)23-24-20-21-12(3)10-13(4)22-20)25-18(27)14-7-5-6-8-15(14)19(25)28/h5-6,10-11,14-16H,7-9H2,1-4H3,(H,23,26)(H,21,22,24). The molecule has 3 unspecified atom stereocenters. The Morgan fingerprint density at radius 1 is 1.11 bits per heavy atom. The van der Waals surface area contributed by atoms with Crippen molar-refractivity contribution in [3.05, 3.63) is 29.6 Å². The van der Waals surface area contributed by atoms with Gasteiger partial charge in [-0.15, -0.1) is 0 Å². The SMILES string of the molecule is Cc1cc(C)nc(NNC(=O)C(CC(C)C)N2C(=O)C3CC=CCC3C2=O)n1. The second-order valence-corrected chi connectivity index (χ2v) is 7.94. The van der Waals surface area contributed by atoms with E-state index in [-0.39, 0.29) is 35.5 Å². The first-order valence-corrected chi connectivity index (χ1v) is 9.68. The summed E-state index contributed by atoms with van der Waals surface area (Å²) >= 11 is 0. The van der Waals surface area contributed by atoms with Crippen molar-refractivity contribution in [3.63, 3.8) is 0 Å². The van der Waals surface area contributed by atoms with Gasteiger partial charge in [-0.3, -0.25) is 30.1 Å². The Kier molecular flexibility index (Phi) is 5.76. The highest BCUT2D eigenvalue weighted by Gasteiger charge is 2.51. The molecule has 28 heavy (non-hydrogen) atoms. The number of fused-ring (bicyclic) bond motifs is 1. The summed E-state index contributed by atoms with van der Waals surface area (Å²) in [6, 6.07) is 0.968. The van der Waals surface area contributed by atoms with Gasteiger partial charge in [-0.2, -0.15) is 0 Å². The number of nitrogens with zero attached hydrogens (tertiary/aromatic N) is 3. The molecule has 0 radical (unpaired) electrons. The second-order valence-electron chi connectivity index (χ2n) is 7.94. The molecule has 3 amide bonds. The molecular weight excluding hydrogens is 358 g/mol. The average Bonchev–Trinajstić information content (AvgIpc) is 2.88. The number of hydrogen-bond acceptors (Lipinski definition) is 6. The van der Waals surface area contributed by atoms with Crippen LogP contribution in [0, 0.1) is 31.6 Å². The zero-order chi connectivity index (χ0) is 20.4. The van der Waals surface area contributed by atoms with E-state index in [1.807, 2.05) is 45.9 Å². The van der Waals surface area contributed by atoms with Crippen molar-refractivity contribution in [1.82, 2.24) is 20.3 Å². The minimum Gasteiger partial charge on any atom is -0.274 e. The van der Waals surface area contributed by atoms with Crippen LogP contribution in [0.25, 0.3) is 0 Å². The largest absolute Gasteiger partial charge is 0.274 e. The highest BCUT2D eigenvalue weighted by Crippen LogP contribution is 2.37. The van der Waals surface area contributed by atoms with Crippen molar-refractivity contribution in [2.24, 2.45) is 17.8 Å². The summed E-state index contributed by atoms with van der Waals surface area (Å²) in [7, 11) is 0. The summed E-state index contributed by atoms with van der Waals surface area (Å²) in [6.07, 6.45) is 5.37. The van der Waals surface area contributed by atoms with Gasteiger partial charge >= 0.3 is 0 Å². The van der Waals surface area contributed by atoms with E-state index in [4.69, 9.17) is 0 Å². The van der Waals surface area contributed by atoms with Crippen LogP contribution in [0.5, 0.6) is 0 Å². The molecule has 0 bridgehead atoms. The van der Waals surface area contributed by atoms with Crippen molar-refractivity contribution in [3.8, 4) is 0 Å². The van der Waals surface area contributed by atoms with E-state index in [0.717, 1.165) is 11.4 Å². The number of nitrogens with one attached hydrogen (secondary N) is 2. The summed E-state index contributed by atoms with van der Waals surface area (Å²) in [4.78, 5) is 48.3. The highest BCUT2D eigenvalue weighted by atomic mass is 16.2. The molecule has 1 aliphatic heterocycles. The molecule has 3 rings (SSSR count). The van der Waals surface area contributed by atoms with Crippen molar-refractivity contribution in [1.29, 1.82) is 0 Å². The van der Waals surface area contributed by atoms with Crippen LogP contribution in [0.15, 0.2) is 18.2 Å². The fraction of sp³-hybridized carbons (Fsp3) is 0.550. The lowest BCUT2D eigenvalue weighted by Gasteiger charge is -2.27. The topological polar surface area (TPSA) is 104 Å². The molecule has 3 atom stereocenters. The summed E-state index contributed by atoms with van der Waals surface area (Å²) in [5.41, 5.74) is 6.83. The maximum atomic E-state index is 12.9. The summed E-state index contributed by atoms with van der Waals surface area (Å²) in [5, 5.41) is 0. The van der Waals surface area contributed by atoms with Crippen LogP contribution in [0.4, 0.5) is 5.95 Å². The third-order valence-corrected chi connectivity index (χ3v) is 5.13. The second kappa shape index (κ2) is 8.08. The average molecular weight is 385 g/mol. The molecule has 2 heterocycles. The molecule has 1 aromatic heterocycles. The van der Waals surface area contributed by atoms with E-state index >= 15 is 0 Å². The number of anilines is 1. The van der Waals surface area contributed by atoms with E-state index in [2.05, 4.69) is 20.8 Å². The number of amides is 3. The monoisotopic (exact) mass is 385 g/mol. The molecule has 1 fully saturated rings. The summed E-state index contributed by atoms with van der Waals surface area (Å²) in [5.74, 6) is -1.23. The molecule has 1 aliphatic carbocycles. The van der Waals surface area contributed by atoms with Crippen molar-refractivity contribution >= 4 is 23.7 Å². The Labute approximate surface area is 164 Å². The first kappa shape index (κ1) is 20.0. The van der Waals surface area contributed by atoms with Gasteiger partial charge in [-0.25, -0.2) is 9.97 Å². The van der Waals surface area contributed by atoms with E-state index in [0.29, 0.717) is 19.3 Å². The number of carbonyl (C=O) groups excluding carboxylic acids is 3. The molecule has 0 aromatic carbocycles. The molecule has 0 spiro atoms. The van der Waals surface area contributed by atoms with Gasteiger partial charge in [-0.05, 0) is 45.1 Å². The lowest BCUT2D eigenvalue weighted by molar-refractivity contribution is -0.148. The summed E-state index contributed by atoms with van der Waals surface area (Å²) < 4.78 is 0. The van der Waals surface area contributed by atoms with Crippen LogP contribution in [-0.4, -0.2) is 38.6 Å². The smallest absolute Gasteiger partial charge is 0.261 e. The first-order chi connectivity index (χ1) is 13.3. The maximum Gasteiger partial charge on any atom is 0.261 e. The Morgan fingerprint density at radius 3 is 2.14 bits per heavy atom. The predicted molar refractivity (Wildman–Crippen MR) is 104 cm³/mol. The number of aryl methyl sites for hydroxylation is 2. The molecule has 1 aromatic rings. The van der Waals surface area contributed by atoms with Crippen molar-refractivity contribution in [2.45, 2.75) is 53.0 Å². The van der Waals surface area contributed by atoms with E-state index in [9.17, 15) is 14.4 Å². The number of aromatic nitrogens is 2. The molecule has 150 valence electrons. The van der Waals surface area contributed by atoms with Crippen LogP contribution >= 0.6 is 0 Å².